The first-order valence-electron chi connectivity index (χ1n) is 11.0. The number of halogens is 1. The van der Waals surface area contributed by atoms with E-state index in [1.165, 1.54) is 48.5 Å². The SMILES string of the molecule is CCCN(C(=O)c1ccc(Cl)c(NC(=O)c2cc3cnc(OC)nc3[nH]c2=O)c1)c1cccc(O)c1. The number of fused-ring (bicyclic) bond motifs is 1. The van der Waals surface area contributed by atoms with Gasteiger partial charge in [-0.25, -0.2) is 4.98 Å². The first kappa shape index (κ1) is 24.7. The number of nitrogens with one attached hydrogen (secondary N) is 2. The Kier molecular flexibility index (Phi) is 7.16. The van der Waals surface area contributed by atoms with E-state index in [0.717, 1.165) is 0 Å². The van der Waals surface area contributed by atoms with Crippen LogP contribution >= 0.6 is 11.6 Å². The first-order chi connectivity index (χ1) is 17.3. The van der Waals surface area contributed by atoms with Crippen molar-refractivity contribution in [2.75, 3.05) is 23.9 Å². The number of ether oxygens (including phenoxy) is 1. The van der Waals surface area contributed by atoms with Crippen LogP contribution in [0.2, 0.25) is 5.02 Å². The summed E-state index contributed by atoms with van der Waals surface area (Å²) in [5.74, 6) is -1.03. The second-order valence-electron chi connectivity index (χ2n) is 7.80. The number of H-pyrrole nitrogens is 1. The molecule has 0 unspecified atom stereocenters. The molecule has 2 aromatic carbocycles. The smallest absolute Gasteiger partial charge is 0.318 e. The molecule has 184 valence electrons. The molecule has 3 N–H and O–H groups in total. The molecule has 0 spiro atoms. The van der Waals surface area contributed by atoms with Crippen molar-refractivity contribution < 1.29 is 19.4 Å². The molecule has 4 aromatic rings. The number of methoxy groups -OCH3 is 1. The van der Waals surface area contributed by atoms with Crippen LogP contribution in [0.1, 0.15) is 34.1 Å². The molecule has 11 heteroatoms. The lowest BCUT2D eigenvalue weighted by Gasteiger charge is -2.23. The summed E-state index contributed by atoms with van der Waals surface area (Å²) >= 11 is 6.29. The monoisotopic (exact) mass is 507 g/mol. The summed E-state index contributed by atoms with van der Waals surface area (Å²) in [6, 6.07) is 12.3. The summed E-state index contributed by atoms with van der Waals surface area (Å²) in [5, 5.41) is 13.1. The average Bonchev–Trinajstić information content (AvgIpc) is 2.87. The number of phenolic OH excluding ortho intramolecular Hbond substituents is 1. The van der Waals surface area contributed by atoms with Gasteiger partial charge in [-0.3, -0.25) is 14.4 Å². The topological polar surface area (TPSA) is 138 Å². The fourth-order valence-electron chi connectivity index (χ4n) is 3.58. The Hall–Kier alpha value is -4.44. The van der Waals surface area contributed by atoms with Gasteiger partial charge >= 0.3 is 6.01 Å². The summed E-state index contributed by atoms with van der Waals surface area (Å²) in [4.78, 5) is 50.9. The Balaban J connectivity index is 1.63. The number of benzene rings is 2. The van der Waals surface area contributed by atoms with Gasteiger partial charge in [-0.1, -0.05) is 24.6 Å². The minimum absolute atomic E-state index is 0.0370. The fraction of sp³-hybridized carbons (Fsp3) is 0.160. The molecule has 10 nitrogen and oxygen atoms in total. The highest BCUT2D eigenvalue weighted by Gasteiger charge is 2.20. The highest BCUT2D eigenvalue weighted by Crippen LogP contribution is 2.27. The van der Waals surface area contributed by atoms with Gasteiger partial charge in [0.2, 0.25) is 0 Å². The van der Waals surface area contributed by atoms with E-state index in [1.807, 2.05) is 6.92 Å². The van der Waals surface area contributed by atoms with Gasteiger partial charge in [0.25, 0.3) is 17.4 Å². The lowest BCUT2D eigenvalue weighted by Crippen LogP contribution is -2.31. The third kappa shape index (κ3) is 5.13. The quantitative estimate of drug-likeness (QED) is 0.344. The minimum Gasteiger partial charge on any atom is -0.508 e. The van der Waals surface area contributed by atoms with Crippen LogP contribution in [-0.2, 0) is 0 Å². The molecule has 2 heterocycles. The van der Waals surface area contributed by atoms with E-state index in [1.54, 1.807) is 18.2 Å². The number of carbonyl (C=O) groups is 2. The molecule has 0 aliphatic heterocycles. The van der Waals surface area contributed by atoms with E-state index in [9.17, 15) is 19.5 Å². The average molecular weight is 508 g/mol. The van der Waals surface area contributed by atoms with Crippen LogP contribution in [0.25, 0.3) is 11.0 Å². The summed E-state index contributed by atoms with van der Waals surface area (Å²) in [6.45, 7) is 2.34. The molecular weight excluding hydrogens is 486 g/mol. The number of nitrogens with zero attached hydrogens (tertiary/aromatic N) is 3. The van der Waals surface area contributed by atoms with E-state index in [4.69, 9.17) is 16.3 Å². The second-order valence-corrected chi connectivity index (χ2v) is 8.21. The van der Waals surface area contributed by atoms with Gasteiger partial charge in [-0.2, -0.15) is 4.98 Å². The molecule has 0 aliphatic rings. The number of hydrogen-bond acceptors (Lipinski definition) is 7. The maximum atomic E-state index is 13.3. The number of aromatic amines is 1. The van der Waals surface area contributed by atoms with E-state index < -0.39 is 11.5 Å². The fourth-order valence-corrected chi connectivity index (χ4v) is 3.74. The van der Waals surface area contributed by atoms with Gasteiger partial charge in [-0.15, -0.1) is 0 Å². The molecule has 36 heavy (non-hydrogen) atoms. The van der Waals surface area contributed by atoms with Crippen LogP contribution in [0.5, 0.6) is 11.8 Å². The molecule has 0 saturated heterocycles. The first-order valence-corrected chi connectivity index (χ1v) is 11.3. The van der Waals surface area contributed by atoms with Gasteiger partial charge in [-0.05, 0) is 42.8 Å². The lowest BCUT2D eigenvalue weighted by molar-refractivity contribution is 0.0984. The van der Waals surface area contributed by atoms with Gasteiger partial charge in [0.15, 0.2) is 0 Å². The third-order valence-corrected chi connectivity index (χ3v) is 5.62. The van der Waals surface area contributed by atoms with E-state index >= 15 is 0 Å². The Morgan fingerprint density at radius 3 is 2.72 bits per heavy atom. The molecular formula is C25H22ClN5O5. The Labute approximate surface area is 210 Å². The molecule has 0 fully saturated rings. The van der Waals surface area contributed by atoms with Crippen LogP contribution in [0.3, 0.4) is 0 Å². The number of aromatic hydroxyl groups is 1. The molecule has 0 saturated carbocycles. The predicted molar refractivity (Wildman–Crippen MR) is 136 cm³/mol. The number of hydrogen-bond donors (Lipinski definition) is 3. The second kappa shape index (κ2) is 10.4. The van der Waals surface area contributed by atoms with Gasteiger partial charge in [0.05, 0.1) is 17.8 Å². The molecule has 0 bridgehead atoms. The zero-order chi connectivity index (χ0) is 25.8. The largest absolute Gasteiger partial charge is 0.508 e. The van der Waals surface area contributed by atoms with Crippen molar-refractivity contribution in [3.05, 3.63) is 81.2 Å². The van der Waals surface area contributed by atoms with Crippen molar-refractivity contribution in [3.63, 3.8) is 0 Å². The van der Waals surface area contributed by atoms with Gasteiger partial charge < -0.3 is 25.0 Å². The van der Waals surface area contributed by atoms with Crippen molar-refractivity contribution in [1.82, 2.24) is 15.0 Å². The van der Waals surface area contributed by atoms with Crippen molar-refractivity contribution in [2.24, 2.45) is 0 Å². The molecule has 2 amide bonds. The van der Waals surface area contributed by atoms with Crippen molar-refractivity contribution in [3.8, 4) is 11.8 Å². The van der Waals surface area contributed by atoms with Crippen LogP contribution in [-0.4, -0.2) is 45.5 Å². The molecule has 4 rings (SSSR count). The maximum absolute atomic E-state index is 13.3. The Bertz CT molecular complexity index is 1520. The maximum Gasteiger partial charge on any atom is 0.318 e. The zero-order valence-corrected chi connectivity index (χ0v) is 20.2. The van der Waals surface area contributed by atoms with Crippen molar-refractivity contribution in [1.29, 1.82) is 0 Å². The minimum atomic E-state index is -0.723. The number of rotatable bonds is 7. The Morgan fingerprint density at radius 1 is 1.19 bits per heavy atom. The number of pyridine rings is 1. The predicted octanol–water partition coefficient (Wildman–Crippen LogP) is 3.99. The molecule has 0 radical (unpaired) electrons. The van der Waals surface area contributed by atoms with Crippen LogP contribution in [0, 0.1) is 0 Å². The summed E-state index contributed by atoms with van der Waals surface area (Å²) in [5.41, 5.74) is 0.323. The van der Waals surface area contributed by atoms with Gasteiger partial charge in [0, 0.05) is 35.4 Å². The van der Waals surface area contributed by atoms with E-state index in [-0.39, 0.29) is 45.2 Å². The highest BCUT2D eigenvalue weighted by molar-refractivity contribution is 6.34. The standard InChI is InChI=1S/C25H22ClN5O5/c1-3-9-31(16-5-4-6-17(32)12-16)24(35)14-7-8-19(26)20(11-14)28-22(33)18-10-15-13-27-25(36-2)30-21(15)29-23(18)34/h4-8,10-13,32H,3,9H2,1-2H3,(H,28,33)(H,27,29,30,34). The Morgan fingerprint density at radius 2 is 2.00 bits per heavy atom. The number of carbonyl (C=O) groups excluding carboxylic acids is 2. The number of amides is 2. The highest BCUT2D eigenvalue weighted by atomic mass is 35.5. The van der Waals surface area contributed by atoms with E-state index in [0.29, 0.717) is 24.0 Å². The van der Waals surface area contributed by atoms with E-state index in [2.05, 4.69) is 20.3 Å². The van der Waals surface area contributed by atoms with Crippen molar-refractivity contribution in [2.45, 2.75) is 13.3 Å². The summed E-state index contributed by atoms with van der Waals surface area (Å²) < 4.78 is 4.95. The lowest BCUT2D eigenvalue weighted by atomic mass is 10.1. The summed E-state index contributed by atoms with van der Waals surface area (Å²) in [6.07, 6.45) is 2.10. The van der Waals surface area contributed by atoms with Crippen LogP contribution < -0.4 is 20.5 Å². The molecule has 0 atom stereocenters. The van der Waals surface area contributed by atoms with Crippen LogP contribution in [0.4, 0.5) is 11.4 Å². The normalized spacial score (nSPS) is 10.8. The molecule has 2 aromatic heterocycles. The van der Waals surface area contributed by atoms with Crippen LogP contribution in [0.15, 0.2) is 59.5 Å². The number of phenols is 1. The molecule has 0 aliphatic carbocycles. The number of anilines is 2. The third-order valence-electron chi connectivity index (χ3n) is 5.29. The van der Waals surface area contributed by atoms with Gasteiger partial charge in [0.1, 0.15) is 17.0 Å². The number of aromatic nitrogens is 3. The summed E-state index contributed by atoms with van der Waals surface area (Å²) in [7, 11) is 1.40. The van der Waals surface area contributed by atoms with Crippen molar-refractivity contribution >= 4 is 45.8 Å². The zero-order valence-electron chi connectivity index (χ0n) is 19.4.